The number of nitriles is 1. The highest BCUT2D eigenvalue weighted by molar-refractivity contribution is 7.86. The first kappa shape index (κ1) is 49.9. The van der Waals surface area contributed by atoms with Crippen LogP contribution < -0.4 is 10.2 Å². The SMILES string of the molecule is CCc1cc(C)cc(CC)c1Nc1nc(N(c2nc3ccc(S(=O)(=O)O)cc3s2)c2c(CC)cc(C)c(S(=O)(=O)O)c2CC)cc(C)c1N=Nc1c(C#N)c(C(C)(C)C)nn1-c1nc2ccccc2s1. The highest BCUT2D eigenvalue weighted by atomic mass is 32.2. The summed E-state index contributed by atoms with van der Waals surface area (Å²) < 4.78 is 74.8. The van der Waals surface area contributed by atoms with Gasteiger partial charge in [0.05, 0.1) is 36.7 Å². The summed E-state index contributed by atoms with van der Waals surface area (Å²) in [5, 5.41) is 29.9. The summed E-state index contributed by atoms with van der Waals surface area (Å²) in [6, 6.07) is 21.9. The first-order valence-electron chi connectivity index (χ1n) is 22.6. The van der Waals surface area contributed by atoms with Crippen LogP contribution in [0.2, 0.25) is 0 Å². The number of fused-ring (bicyclic) bond motifs is 2. The highest BCUT2D eigenvalue weighted by Crippen LogP contribution is 2.48. The molecule has 0 atom stereocenters. The third-order valence-electron chi connectivity index (χ3n) is 11.9. The number of para-hydroxylation sites is 1. The van der Waals surface area contributed by atoms with Crippen molar-refractivity contribution in [2.45, 2.75) is 110 Å². The van der Waals surface area contributed by atoms with Crippen LogP contribution in [0.5, 0.6) is 0 Å². The Morgan fingerprint density at radius 2 is 1.44 bits per heavy atom. The van der Waals surface area contributed by atoms with Gasteiger partial charge in [-0.05, 0) is 116 Å². The molecule has 0 amide bonds. The molecule has 0 aliphatic carbocycles. The second-order valence-electron chi connectivity index (χ2n) is 17.9. The summed E-state index contributed by atoms with van der Waals surface area (Å²) in [5.74, 6) is 0.723. The van der Waals surface area contributed by atoms with Gasteiger partial charge in [-0.1, -0.05) is 107 Å². The molecular formula is C50H52N10O6S4. The van der Waals surface area contributed by atoms with Crippen LogP contribution >= 0.6 is 22.7 Å². The Bertz CT molecular complexity index is 3640. The van der Waals surface area contributed by atoms with Gasteiger partial charge in [0.15, 0.2) is 16.8 Å². The highest BCUT2D eigenvalue weighted by Gasteiger charge is 2.32. The molecule has 0 aliphatic heterocycles. The Kier molecular flexibility index (Phi) is 13.6. The van der Waals surface area contributed by atoms with E-state index in [-0.39, 0.29) is 44.4 Å². The smallest absolute Gasteiger partial charge is 0.295 e. The summed E-state index contributed by atoms with van der Waals surface area (Å²) in [6.07, 6.45) is 1.97. The van der Waals surface area contributed by atoms with Gasteiger partial charge in [0.1, 0.15) is 28.0 Å². The van der Waals surface area contributed by atoms with Gasteiger partial charge in [-0.3, -0.25) is 14.0 Å². The zero-order valence-electron chi connectivity index (χ0n) is 40.4. The Morgan fingerprint density at radius 3 is 2.04 bits per heavy atom. The normalized spacial score (nSPS) is 12.4. The molecule has 0 bridgehead atoms. The monoisotopic (exact) mass is 1020 g/mol. The molecule has 0 unspecified atom stereocenters. The Balaban J connectivity index is 1.45. The second kappa shape index (κ2) is 19.0. The molecule has 3 N–H and O–H groups in total. The fourth-order valence-corrected chi connectivity index (χ4v) is 12.2. The molecular weight excluding hydrogens is 965 g/mol. The van der Waals surface area contributed by atoms with E-state index in [0.717, 1.165) is 49.5 Å². The van der Waals surface area contributed by atoms with E-state index in [2.05, 4.69) is 37.4 Å². The standard InChI is InChI=1S/C50H52N10O6S4/c1-11-30-21-27(5)22-31(12-2)42(30)55-46-41(56-57-47-35(26-51)45(50(8,9)10)58-60(47)49-53-36-17-15-16-18-38(36)67-49)28(6)24-40(54-46)59(48-52-37-20-19-33(69(61,62)63)25-39(37)68-48)43-32(13-3)23-29(7)44(34(43)14-4)70(64,65)66/h15-25H,11-14H2,1-10H3,(H,54,55)(H,61,62,63)(H,64,65,66). The predicted molar refractivity (Wildman–Crippen MR) is 278 cm³/mol. The van der Waals surface area contributed by atoms with Crippen molar-refractivity contribution >= 4 is 103 Å². The molecule has 0 fully saturated rings. The molecule has 70 heavy (non-hydrogen) atoms. The number of anilines is 5. The van der Waals surface area contributed by atoms with E-state index in [0.29, 0.717) is 68.4 Å². The number of nitrogens with one attached hydrogen (secondary N) is 1. The lowest BCUT2D eigenvalue weighted by Gasteiger charge is -2.29. The van der Waals surface area contributed by atoms with Gasteiger partial charge < -0.3 is 5.32 Å². The summed E-state index contributed by atoms with van der Waals surface area (Å²) in [6.45, 7) is 19.3. The number of aryl methyl sites for hydroxylation is 6. The Hall–Kier alpha value is -6.47. The fraction of sp³-hybridized carbons (Fsp3) is 0.300. The molecule has 4 aromatic carbocycles. The molecule has 0 radical (unpaired) electrons. The van der Waals surface area contributed by atoms with Gasteiger partial charge in [-0.25, -0.2) is 15.0 Å². The first-order valence-corrected chi connectivity index (χ1v) is 27.1. The maximum Gasteiger partial charge on any atom is 0.295 e. The van der Waals surface area contributed by atoms with Crippen LogP contribution in [0.4, 0.5) is 39.6 Å². The van der Waals surface area contributed by atoms with Crippen molar-refractivity contribution in [3.63, 3.8) is 0 Å². The van der Waals surface area contributed by atoms with Gasteiger partial charge in [-0.15, -0.1) is 10.2 Å². The van der Waals surface area contributed by atoms with Gasteiger partial charge in [-0.2, -0.15) is 31.9 Å². The molecule has 4 aromatic heterocycles. The average Bonchev–Trinajstić information content (AvgIpc) is 4.03. The van der Waals surface area contributed by atoms with Crippen molar-refractivity contribution < 1.29 is 25.9 Å². The molecule has 362 valence electrons. The van der Waals surface area contributed by atoms with Crippen LogP contribution in [0.1, 0.15) is 98.7 Å². The van der Waals surface area contributed by atoms with Gasteiger partial charge in [0, 0.05) is 11.1 Å². The van der Waals surface area contributed by atoms with Crippen LogP contribution in [0, 0.1) is 32.1 Å². The topological polar surface area (TPSA) is 229 Å². The van der Waals surface area contributed by atoms with Crippen molar-refractivity contribution in [1.82, 2.24) is 24.7 Å². The number of thiazole rings is 2. The van der Waals surface area contributed by atoms with E-state index in [1.54, 1.807) is 35.6 Å². The lowest BCUT2D eigenvalue weighted by molar-refractivity contribution is 0.480. The fourth-order valence-electron chi connectivity index (χ4n) is 8.69. The zero-order chi connectivity index (χ0) is 50.6. The number of hydrogen-bond acceptors (Lipinski definition) is 15. The van der Waals surface area contributed by atoms with Crippen molar-refractivity contribution in [2.75, 3.05) is 10.2 Å². The molecule has 4 heterocycles. The largest absolute Gasteiger partial charge is 0.338 e. The van der Waals surface area contributed by atoms with Crippen molar-refractivity contribution in [2.24, 2.45) is 10.2 Å². The van der Waals surface area contributed by atoms with Gasteiger partial charge in [0.2, 0.25) is 5.13 Å². The molecule has 0 aliphatic rings. The maximum atomic E-state index is 13.3. The zero-order valence-corrected chi connectivity index (χ0v) is 43.6. The van der Waals surface area contributed by atoms with Gasteiger partial charge >= 0.3 is 0 Å². The van der Waals surface area contributed by atoms with Gasteiger partial charge in [0.25, 0.3) is 20.2 Å². The minimum Gasteiger partial charge on any atom is -0.338 e. The number of azo groups is 1. The van der Waals surface area contributed by atoms with Crippen molar-refractivity contribution in [1.29, 1.82) is 5.26 Å². The Morgan fingerprint density at radius 1 is 0.771 bits per heavy atom. The second-order valence-corrected chi connectivity index (χ2v) is 22.7. The maximum absolute atomic E-state index is 13.3. The van der Waals surface area contributed by atoms with Crippen LogP contribution in [-0.4, -0.2) is 50.7 Å². The molecule has 8 rings (SSSR count). The summed E-state index contributed by atoms with van der Waals surface area (Å²) >= 11 is 2.52. The van der Waals surface area contributed by atoms with E-state index in [9.17, 15) is 31.2 Å². The van der Waals surface area contributed by atoms with E-state index in [1.165, 1.54) is 29.5 Å². The third-order valence-corrected chi connectivity index (χ3v) is 15.9. The number of aromatic nitrogens is 5. The summed E-state index contributed by atoms with van der Waals surface area (Å²) in [5.41, 5.74) is 8.03. The van der Waals surface area contributed by atoms with E-state index in [4.69, 9.17) is 30.3 Å². The lowest BCUT2D eigenvalue weighted by atomic mass is 9.90. The Labute approximate surface area is 415 Å². The quantitative estimate of drug-likeness (QED) is 0.0681. The van der Waals surface area contributed by atoms with Crippen LogP contribution in [0.25, 0.3) is 25.6 Å². The summed E-state index contributed by atoms with van der Waals surface area (Å²) in [7, 11) is -9.34. The molecule has 20 heteroatoms. The third kappa shape index (κ3) is 9.44. The van der Waals surface area contributed by atoms with E-state index < -0.39 is 25.7 Å². The molecule has 16 nitrogen and oxygen atoms in total. The predicted octanol–water partition coefficient (Wildman–Crippen LogP) is 13.0. The number of rotatable bonds is 14. The van der Waals surface area contributed by atoms with Crippen molar-refractivity contribution in [3.05, 3.63) is 117 Å². The van der Waals surface area contributed by atoms with Crippen molar-refractivity contribution in [3.8, 4) is 11.2 Å². The molecule has 0 saturated heterocycles. The minimum atomic E-state index is -4.76. The van der Waals surface area contributed by atoms with E-state index >= 15 is 0 Å². The van der Waals surface area contributed by atoms with E-state index in [1.807, 2.05) is 65.8 Å². The first-order chi connectivity index (χ1) is 33.1. The number of hydrogen-bond donors (Lipinski definition) is 3. The lowest BCUT2D eigenvalue weighted by Crippen LogP contribution is -2.19. The number of pyridine rings is 1. The number of nitrogens with zero attached hydrogens (tertiary/aromatic N) is 9. The minimum absolute atomic E-state index is 0.174. The summed E-state index contributed by atoms with van der Waals surface area (Å²) in [4.78, 5) is 16.3. The molecule has 0 saturated carbocycles. The van der Waals surface area contributed by atoms with Crippen LogP contribution in [-0.2, 0) is 51.3 Å². The molecule has 0 spiro atoms. The number of benzene rings is 4. The van der Waals surface area contributed by atoms with Crippen LogP contribution in [0.15, 0.2) is 86.7 Å². The average molecular weight is 1020 g/mol. The van der Waals surface area contributed by atoms with Crippen LogP contribution in [0.3, 0.4) is 0 Å². The molecule has 8 aromatic rings.